The summed E-state index contributed by atoms with van der Waals surface area (Å²) < 4.78 is 1.97. The predicted molar refractivity (Wildman–Crippen MR) is 78.0 cm³/mol. The number of anilines is 1. The number of aromatic amines is 1. The first-order valence-electron chi connectivity index (χ1n) is 6.22. The van der Waals surface area contributed by atoms with E-state index in [9.17, 15) is 0 Å². The van der Waals surface area contributed by atoms with Crippen LogP contribution in [0.1, 0.15) is 0 Å². The summed E-state index contributed by atoms with van der Waals surface area (Å²) in [5, 5.41) is 2.07. The Balaban J connectivity index is 2.05. The molecule has 0 radical (unpaired) electrons. The van der Waals surface area contributed by atoms with Gasteiger partial charge in [-0.25, -0.2) is 15.0 Å². The lowest BCUT2D eigenvalue weighted by Gasteiger charge is -2.02. The van der Waals surface area contributed by atoms with Gasteiger partial charge >= 0.3 is 0 Å². The predicted octanol–water partition coefficient (Wildman–Crippen LogP) is 2.09. The lowest BCUT2D eigenvalue weighted by molar-refractivity contribution is 0.921. The maximum absolute atomic E-state index is 5.77. The van der Waals surface area contributed by atoms with E-state index in [0.717, 1.165) is 33.2 Å². The van der Waals surface area contributed by atoms with Crippen LogP contribution < -0.4 is 5.73 Å². The van der Waals surface area contributed by atoms with Crippen LogP contribution in [-0.4, -0.2) is 24.5 Å². The molecule has 4 heterocycles. The highest BCUT2D eigenvalue weighted by Gasteiger charge is 2.09. The van der Waals surface area contributed by atoms with Crippen LogP contribution in [0.4, 0.5) is 5.82 Å². The number of fused-ring (bicyclic) bond motifs is 3. The van der Waals surface area contributed by atoms with Crippen molar-refractivity contribution in [3.05, 3.63) is 37.1 Å². The molecule has 98 valence electrons. The summed E-state index contributed by atoms with van der Waals surface area (Å²) in [4.78, 5) is 16.0. The highest BCUT2D eigenvalue weighted by molar-refractivity contribution is 6.07. The van der Waals surface area contributed by atoms with Gasteiger partial charge in [0.1, 0.15) is 11.5 Å². The molecule has 20 heavy (non-hydrogen) atoms. The minimum absolute atomic E-state index is 0.504. The van der Waals surface area contributed by atoms with E-state index < -0.39 is 0 Å². The Morgan fingerprint density at radius 3 is 2.80 bits per heavy atom. The van der Waals surface area contributed by atoms with Crippen molar-refractivity contribution < 1.29 is 0 Å². The van der Waals surface area contributed by atoms with Crippen molar-refractivity contribution in [1.29, 1.82) is 0 Å². The molecule has 4 aromatic heterocycles. The maximum Gasteiger partial charge on any atom is 0.138 e. The molecule has 0 atom stereocenters. The molecule has 0 amide bonds. The zero-order valence-corrected chi connectivity index (χ0v) is 10.8. The Morgan fingerprint density at radius 2 is 2.00 bits per heavy atom. The molecule has 4 rings (SSSR count). The number of aromatic nitrogens is 5. The van der Waals surface area contributed by atoms with Crippen molar-refractivity contribution in [3.63, 3.8) is 0 Å². The van der Waals surface area contributed by atoms with Gasteiger partial charge in [0.15, 0.2) is 0 Å². The van der Waals surface area contributed by atoms with E-state index in [0.29, 0.717) is 5.82 Å². The number of imidazole rings is 1. The fourth-order valence-corrected chi connectivity index (χ4v) is 2.47. The summed E-state index contributed by atoms with van der Waals surface area (Å²) in [5.74, 6) is 0.504. The van der Waals surface area contributed by atoms with Crippen molar-refractivity contribution in [3.8, 4) is 11.3 Å². The molecule has 6 nitrogen and oxygen atoms in total. The van der Waals surface area contributed by atoms with Crippen molar-refractivity contribution >= 4 is 27.8 Å². The average Bonchev–Trinajstić information content (AvgIpc) is 3.01. The first-order chi connectivity index (χ1) is 9.72. The van der Waals surface area contributed by atoms with Gasteiger partial charge in [0.2, 0.25) is 0 Å². The number of nitrogens with zero attached hydrogens (tertiary/aromatic N) is 4. The molecule has 0 fully saturated rings. The van der Waals surface area contributed by atoms with Crippen LogP contribution >= 0.6 is 0 Å². The van der Waals surface area contributed by atoms with Gasteiger partial charge in [0.25, 0.3) is 0 Å². The Kier molecular flexibility index (Phi) is 2.09. The molecular formula is C14H12N6. The molecule has 3 N–H and O–H groups in total. The van der Waals surface area contributed by atoms with Gasteiger partial charge < -0.3 is 15.3 Å². The molecule has 0 aromatic carbocycles. The van der Waals surface area contributed by atoms with Crippen LogP contribution in [0.25, 0.3) is 33.2 Å². The third-order valence-electron chi connectivity index (χ3n) is 3.47. The fraction of sp³-hybridized carbons (Fsp3) is 0.0714. The van der Waals surface area contributed by atoms with Gasteiger partial charge in [-0.15, -0.1) is 0 Å². The van der Waals surface area contributed by atoms with Crippen molar-refractivity contribution in [1.82, 2.24) is 24.5 Å². The number of hydrogen-bond donors (Lipinski definition) is 2. The summed E-state index contributed by atoms with van der Waals surface area (Å²) in [6.07, 6.45) is 7.17. The maximum atomic E-state index is 5.77. The van der Waals surface area contributed by atoms with Crippen LogP contribution in [0.3, 0.4) is 0 Å². The normalized spacial score (nSPS) is 11.4. The van der Waals surface area contributed by atoms with Gasteiger partial charge in [0, 0.05) is 29.6 Å². The Bertz CT molecular complexity index is 933. The SMILES string of the molecule is Cn1cncc1-c1cnc2[nH]c3cnc(N)cc3c2c1. The number of rotatable bonds is 1. The molecule has 6 heteroatoms. The number of nitrogen functional groups attached to an aromatic ring is 1. The minimum Gasteiger partial charge on any atom is -0.384 e. The van der Waals surface area contributed by atoms with E-state index in [-0.39, 0.29) is 0 Å². The number of nitrogens with two attached hydrogens (primary N) is 1. The van der Waals surface area contributed by atoms with Crippen LogP contribution in [0.5, 0.6) is 0 Å². The fourth-order valence-electron chi connectivity index (χ4n) is 2.47. The van der Waals surface area contributed by atoms with Gasteiger partial charge in [-0.05, 0) is 12.1 Å². The van der Waals surface area contributed by atoms with Crippen molar-refractivity contribution in [2.75, 3.05) is 5.73 Å². The van der Waals surface area contributed by atoms with Crippen LogP contribution in [0.15, 0.2) is 37.1 Å². The van der Waals surface area contributed by atoms with E-state index in [1.807, 2.05) is 30.1 Å². The number of hydrogen-bond acceptors (Lipinski definition) is 4. The highest BCUT2D eigenvalue weighted by atomic mass is 15.0. The second-order valence-corrected chi connectivity index (χ2v) is 4.79. The molecule has 0 unspecified atom stereocenters. The third kappa shape index (κ3) is 1.48. The number of H-pyrrole nitrogens is 1. The summed E-state index contributed by atoms with van der Waals surface area (Å²) in [6.45, 7) is 0. The Hall–Kier alpha value is -2.89. The van der Waals surface area contributed by atoms with E-state index in [2.05, 4.69) is 26.0 Å². The standard InChI is InChI=1S/C14H12N6/c1-20-7-16-6-12(20)8-2-10-9-3-13(15)17-5-11(9)19-14(10)18-4-8/h2-7H,1H3,(H2,15,17)(H,18,19). The van der Waals surface area contributed by atoms with E-state index in [1.54, 1.807) is 12.5 Å². The number of pyridine rings is 2. The summed E-state index contributed by atoms with van der Waals surface area (Å²) in [6, 6.07) is 3.96. The van der Waals surface area contributed by atoms with Crippen molar-refractivity contribution in [2.45, 2.75) is 0 Å². The summed E-state index contributed by atoms with van der Waals surface area (Å²) >= 11 is 0. The molecule has 0 aliphatic heterocycles. The molecule has 4 aromatic rings. The lowest BCUT2D eigenvalue weighted by atomic mass is 10.1. The van der Waals surface area contributed by atoms with E-state index >= 15 is 0 Å². The lowest BCUT2D eigenvalue weighted by Crippen LogP contribution is -1.90. The molecule has 0 aliphatic rings. The van der Waals surface area contributed by atoms with Crippen LogP contribution in [-0.2, 0) is 7.05 Å². The zero-order valence-electron chi connectivity index (χ0n) is 10.8. The van der Waals surface area contributed by atoms with Crippen LogP contribution in [0, 0.1) is 0 Å². The zero-order chi connectivity index (χ0) is 13.7. The van der Waals surface area contributed by atoms with E-state index in [4.69, 9.17) is 5.73 Å². The minimum atomic E-state index is 0.504. The average molecular weight is 264 g/mol. The van der Waals surface area contributed by atoms with Crippen LogP contribution in [0.2, 0.25) is 0 Å². The Morgan fingerprint density at radius 1 is 1.10 bits per heavy atom. The monoisotopic (exact) mass is 264 g/mol. The quantitative estimate of drug-likeness (QED) is 0.551. The molecule has 0 saturated carbocycles. The van der Waals surface area contributed by atoms with Gasteiger partial charge in [0.05, 0.1) is 29.9 Å². The van der Waals surface area contributed by atoms with Crippen molar-refractivity contribution in [2.24, 2.45) is 7.05 Å². The molecule has 0 aliphatic carbocycles. The second-order valence-electron chi connectivity index (χ2n) is 4.79. The van der Waals surface area contributed by atoms with E-state index in [1.165, 1.54) is 0 Å². The third-order valence-corrected chi connectivity index (χ3v) is 3.47. The topological polar surface area (TPSA) is 85.4 Å². The summed E-state index contributed by atoms with van der Waals surface area (Å²) in [7, 11) is 1.96. The summed E-state index contributed by atoms with van der Waals surface area (Å²) in [5.41, 5.74) is 9.58. The molecule has 0 saturated heterocycles. The first-order valence-corrected chi connectivity index (χ1v) is 6.22. The van der Waals surface area contributed by atoms with Gasteiger partial charge in [-0.3, -0.25) is 0 Å². The molecule has 0 bridgehead atoms. The number of aryl methyl sites for hydroxylation is 1. The number of nitrogens with one attached hydrogen (secondary N) is 1. The van der Waals surface area contributed by atoms with Gasteiger partial charge in [-0.1, -0.05) is 0 Å². The highest BCUT2D eigenvalue weighted by Crippen LogP contribution is 2.28. The van der Waals surface area contributed by atoms with Gasteiger partial charge in [-0.2, -0.15) is 0 Å². The molecular weight excluding hydrogens is 252 g/mol. The Labute approximate surface area is 114 Å². The first kappa shape index (κ1) is 11.0. The largest absolute Gasteiger partial charge is 0.384 e. The second kappa shape index (κ2) is 3.80. The molecule has 0 spiro atoms. The smallest absolute Gasteiger partial charge is 0.138 e.